The molecule has 1 aromatic carbocycles. The van der Waals surface area contributed by atoms with Crippen LogP contribution in [-0.4, -0.2) is 56.5 Å². The molecule has 3 saturated heterocycles. The summed E-state index contributed by atoms with van der Waals surface area (Å²) in [6, 6.07) is 4.82. The minimum atomic E-state index is -0.529. The molecule has 3 fully saturated rings. The van der Waals surface area contributed by atoms with E-state index in [2.05, 4.69) is 5.32 Å². The summed E-state index contributed by atoms with van der Waals surface area (Å²) in [4.78, 5) is 26.4. The molecule has 1 aromatic rings. The Bertz CT molecular complexity index is 727. The van der Waals surface area contributed by atoms with E-state index in [1.807, 2.05) is 4.90 Å². The maximum absolute atomic E-state index is 14.7. The molecule has 0 unspecified atom stereocenters. The van der Waals surface area contributed by atoms with Gasteiger partial charge >= 0.3 is 6.09 Å². The first kappa shape index (κ1) is 17.1. The third kappa shape index (κ3) is 3.33. The van der Waals surface area contributed by atoms with E-state index in [9.17, 15) is 14.0 Å². The van der Waals surface area contributed by atoms with Crippen molar-refractivity contribution in [3.8, 4) is 0 Å². The number of piperidine rings is 1. The van der Waals surface area contributed by atoms with Crippen LogP contribution in [0.15, 0.2) is 18.2 Å². The predicted molar refractivity (Wildman–Crippen MR) is 92.8 cm³/mol. The van der Waals surface area contributed by atoms with Gasteiger partial charge in [-0.2, -0.15) is 0 Å². The molecule has 7 nitrogen and oxygen atoms in total. The molecule has 0 bridgehead atoms. The number of rotatable bonds is 4. The van der Waals surface area contributed by atoms with Crippen molar-refractivity contribution in [2.45, 2.75) is 31.5 Å². The van der Waals surface area contributed by atoms with E-state index in [4.69, 9.17) is 9.47 Å². The predicted octanol–water partition coefficient (Wildman–Crippen LogP) is 1.66. The van der Waals surface area contributed by atoms with E-state index >= 15 is 0 Å². The van der Waals surface area contributed by atoms with E-state index in [-0.39, 0.29) is 30.4 Å². The third-order valence-corrected chi connectivity index (χ3v) is 5.26. The van der Waals surface area contributed by atoms with E-state index in [1.165, 1.54) is 17.9 Å². The smallest absolute Gasteiger partial charge is 0.414 e. The van der Waals surface area contributed by atoms with Crippen molar-refractivity contribution in [2.75, 3.05) is 42.6 Å². The molecular formula is C18H22FN3O4. The number of cyclic esters (lactones) is 1. The lowest BCUT2D eigenvalue weighted by molar-refractivity contribution is -0.119. The highest BCUT2D eigenvalue weighted by atomic mass is 19.1. The molecule has 1 atom stereocenters. The van der Waals surface area contributed by atoms with Crippen LogP contribution in [0.5, 0.6) is 0 Å². The fourth-order valence-corrected chi connectivity index (χ4v) is 3.56. The summed E-state index contributed by atoms with van der Waals surface area (Å²) in [5, 5.41) is 2.62. The number of nitrogens with one attached hydrogen (secondary N) is 1. The van der Waals surface area contributed by atoms with Crippen molar-refractivity contribution in [3.63, 3.8) is 0 Å². The van der Waals surface area contributed by atoms with Gasteiger partial charge in [0.25, 0.3) is 0 Å². The summed E-state index contributed by atoms with van der Waals surface area (Å²) in [7, 11) is 0. The van der Waals surface area contributed by atoms with Crippen LogP contribution in [-0.2, 0) is 14.3 Å². The zero-order valence-corrected chi connectivity index (χ0v) is 14.7. The molecule has 3 aliphatic rings. The van der Waals surface area contributed by atoms with Gasteiger partial charge in [-0.25, -0.2) is 9.18 Å². The Morgan fingerprint density at radius 2 is 2.12 bits per heavy atom. The van der Waals surface area contributed by atoms with Crippen LogP contribution >= 0.6 is 0 Å². The van der Waals surface area contributed by atoms with Gasteiger partial charge in [0.15, 0.2) is 0 Å². The second-order valence-corrected chi connectivity index (χ2v) is 7.15. The van der Waals surface area contributed by atoms with Crippen LogP contribution in [0.2, 0.25) is 0 Å². The van der Waals surface area contributed by atoms with Crippen LogP contribution in [0.3, 0.4) is 0 Å². The molecule has 1 N–H and O–H groups in total. The second kappa shape index (κ2) is 6.42. The van der Waals surface area contributed by atoms with Gasteiger partial charge in [-0.1, -0.05) is 0 Å². The highest BCUT2D eigenvalue weighted by Crippen LogP contribution is 2.39. The number of carbonyl (C=O) groups is 2. The number of amides is 2. The fourth-order valence-electron chi connectivity index (χ4n) is 3.56. The average molecular weight is 363 g/mol. The Hall–Kier alpha value is -2.35. The monoisotopic (exact) mass is 363 g/mol. The Labute approximate surface area is 151 Å². The quantitative estimate of drug-likeness (QED) is 0.824. The maximum Gasteiger partial charge on any atom is 0.414 e. The summed E-state index contributed by atoms with van der Waals surface area (Å²) >= 11 is 0. The topological polar surface area (TPSA) is 74.4 Å². The van der Waals surface area contributed by atoms with E-state index in [0.717, 1.165) is 32.5 Å². The van der Waals surface area contributed by atoms with Gasteiger partial charge in [-0.05, 0) is 31.0 Å². The lowest BCUT2D eigenvalue weighted by atomic mass is 9.97. The standard InChI is InChI=1S/C18H22FN3O4/c1-12(23)20-9-14-10-22(17(24)26-14)13-2-3-16(15(19)8-13)21-6-4-18(5-7-21)11-25-18/h2-3,8,14H,4-7,9-11H2,1H3,(H,20,23)/t14-/m1/s1. The van der Waals surface area contributed by atoms with Gasteiger partial charge in [0.05, 0.1) is 36.7 Å². The summed E-state index contributed by atoms with van der Waals surface area (Å²) in [5.74, 6) is -0.539. The zero-order chi connectivity index (χ0) is 18.3. The molecule has 0 aromatic heterocycles. The average Bonchev–Trinajstić information content (AvgIpc) is 3.26. The Balaban J connectivity index is 1.42. The van der Waals surface area contributed by atoms with Crippen molar-refractivity contribution in [1.29, 1.82) is 0 Å². The molecule has 140 valence electrons. The molecule has 3 heterocycles. The molecular weight excluding hydrogens is 341 g/mol. The molecule has 4 rings (SSSR count). The van der Waals surface area contributed by atoms with Crippen LogP contribution in [0.4, 0.5) is 20.6 Å². The number of epoxide rings is 1. The van der Waals surface area contributed by atoms with Crippen LogP contribution in [0.25, 0.3) is 0 Å². The number of halogens is 1. The summed E-state index contributed by atoms with van der Waals surface area (Å²) in [6.45, 7) is 4.28. The number of nitrogens with zero attached hydrogens (tertiary/aromatic N) is 2. The number of hydrogen-bond donors (Lipinski definition) is 1. The van der Waals surface area contributed by atoms with Crippen molar-refractivity contribution in [2.24, 2.45) is 0 Å². The molecule has 0 saturated carbocycles. The summed E-state index contributed by atoms with van der Waals surface area (Å²) < 4.78 is 25.4. The van der Waals surface area contributed by atoms with Gasteiger partial charge in [0.2, 0.25) is 5.91 Å². The lowest BCUT2D eigenvalue weighted by Gasteiger charge is -2.32. The van der Waals surface area contributed by atoms with Crippen molar-refractivity contribution in [3.05, 3.63) is 24.0 Å². The molecule has 2 amide bonds. The Kier molecular flexibility index (Phi) is 4.22. The van der Waals surface area contributed by atoms with E-state index in [0.29, 0.717) is 11.4 Å². The van der Waals surface area contributed by atoms with Crippen molar-refractivity contribution < 1.29 is 23.5 Å². The number of hydrogen-bond acceptors (Lipinski definition) is 5. The van der Waals surface area contributed by atoms with Crippen molar-refractivity contribution in [1.82, 2.24) is 5.32 Å². The first-order valence-corrected chi connectivity index (χ1v) is 8.87. The molecule has 1 spiro atoms. The number of anilines is 2. The molecule has 26 heavy (non-hydrogen) atoms. The van der Waals surface area contributed by atoms with Gasteiger partial charge < -0.3 is 19.7 Å². The number of benzene rings is 1. The van der Waals surface area contributed by atoms with Gasteiger partial charge in [-0.3, -0.25) is 9.69 Å². The first-order valence-electron chi connectivity index (χ1n) is 8.87. The summed E-state index contributed by atoms with van der Waals surface area (Å²) in [6.07, 6.45) is 0.860. The fraction of sp³-hybridized carbons (Fsp3) is 0.556. The zero-order valence-electron chi connectivity index (χ0n) is 14.7. The highest BCUT2D eigenvalue weighted by molar-refractivity contribution is 5.90. The number of ether oxygens (including phenoxy) is 2. The van der Waals surface area contributed by atoms with Crippen LogP contribution in [0.1, 0.15) is 19.8 Å². The Morgan fingerprint density at radius 1 is 1.38 bits per heavy atom. The molecule has 0 radical (unpaired) electrons. The van der Waals surface area contributed by atoms with Gasteiger partial charge in [0, 0.05) is 20.0 Å². The maximum atomic E-state index is 14.7. The third-order valence-electron chi connectivity index (χ3n) is 5.26. The minimum absolute atomic E-state index is 0.0507. The molecule has 3 aliphatic heterocycles. The van der Waals surface area contributed by atoms with Crippen molar-refractivity contribution >= 4 is 23.4 Å². The van der Waals surface area contributed by atoms with Crippen LogP contribution in [0, 0.1) is 5.82 Å². The molecule has 0 aliphatic carbocycles. The summed E-state index contributed by atoms with van der Waals surface area (Å²) in [5.41, 5.74) is 1.06. The molecule has 8 heteroatoms. The number of carbonyl (C=O) groups excluding carboxylic acids is 2. The van der Waals surface area contributed by atoms with E-state index in [1.54, 1.807) is 12.1 Å². The SMILES string of the molecule is CC(=O)NC[C@@H]1CN(c2ccc(N3CCC4(CC3)CO4)c(F)c2)C(=O)O1. The lowest BCUT2D eigenvalue weighted by Crippen LogP contribution is -2.38. The first-order chi connectivity index (χ1) is 12.5. The van der Waals surface area contributed by atoms with Gasteiger partial charge in [0.1, 0.15) is 11.9 Å². The largest absolute Gasteiger partial charge is 0.442 e. The Morgan fingerprint density at radius 3 is 2.73 bits per heavy atom. The highest BCUT2D eigenvalue weighted by Gasteiger charge is 2.46. The second-order valence-electron chi connectivity index (χ2n) is 7.15. The normalized spacial score (nSPS) is 23.9. The van der Waals surface area contributed by atoms with Crippen LogP contribution < -0.4 is 15.1 Å². The minimum Gasteiger partial charge on any atom is -0.442 e. The van der Waals surface area contributed by atoms with E-state index < -0.39 is 12.2 Å². The van der Waals surface area contributed by atoms with Gasteiger partial charge in [-0.15, -0.1) is 0 Å².